The molecule has 2 fully saturated rings. The van der Waals surface area contributed by atoms with Gasteiger partial charge in [-0.2, -0.15) is 0 Å². The highest BCUT2D eigenvalue weighted by Crippen LogP contribution is 2.42. The molecule has 0 aromatic carbocycles. The Morgan fingerprint density at radius 1 is 0.867 bits per heavy atom. The lowest BCUT2D eigenvalue weighted by molar-refractivity contribution is 0.0228. The molecule has 3 atom stereocenters. The summed E-state index contributed by atoms with van der Waals surface area (Å²) in [5.74, 6) is 1.92. The largest absolute Gasteiger partial charge is 0.414 e. The van der Waals surface area contributed by atoms with Crippen LogP contribution in [0.25, 0.3) is 0 Å². The van der Waals surface area contributed by atoms with E-state index >= 15 is 0 Å². The van der Waals surface area contributed by atoms with Crippen LogP contribution in [-0.4, -0.2) is 14.4 Å². The number of rotatable bonds is 2. The van der Waals surface area contributed by atoms with Gasteiger partial charge in [0, 0.05) is 6.10 Å². The van der Waals surface area contributed by atoms with E-state index in [1.807, 2.05) is 0 Å². The molecule has 88 valence electrons. The summed E-state index contributed by atoms with van der Waals surface area (Å²) < 4.78 is 6.39. The predicted octanol–water partition coefficient (Wildman–Crippen LogP) is 4.20. The molecule has 0 N–H and O–H groups in total. The van der Waals surface area contributed by atoms with Crippen LogP contribution in [0.1, 0.15) is 44.9 Å². The smallest absolute Gasteiger partial charge is 0.184 e. The van der Waals surface area contributed by atoms with Crippen LogP contribution in [0.15, 0.2) is 0 Å². The van der Waals surface area contributed by atoms with Crippen molar-refractivity contribution in [3.63, 3.8) is 0 Å². The average molecular weight is 226 g/mol. The molecule has 2 rings (SSSR count). The van der Waals surface area contributed by atoms with Gasteiger partial charge in [0.25, 0.3) is 0 Å². The van der Waals surface area contributed by atoms with Crippen LogP contribution in [0.4, 0.5) is 0 Å². The van der Waals surface area contributed by atoms with Crippen LogP contribution < -0.4 is 0 Å². The van der Waals surface area contributed by atoms with Crippen LogP contribution in [-0.2, 0) is 4.43 Å². The molecule has 1 nitrogen and oxygen atoms in total. The molecule has 0 aromatic heterocycles. The molecule has 0 aromatic rings. The Morgan fingerprint density at radius 3 is 2.27 bits per heavy atom. The predicted molar refractivity (Wildman–Crippen MR) is 67.5 cm³/mol. The van der Waals surface area contributed by atoms with Gasteiger partial charge >= 0.3 is 0 Å². The molecule has 2 aliphatic rings. The minimum Gasteiger partial charge on any atom is -0.414 e. The molecule has 2 heteroatoms. The Bertz CT molecular complexity index is 207. The fourth-order valence-corrected chi connectivity index (χ4v) is 4.68. The molecule has 0 bridgehead atoms. The molecule has 0 radical (unpaired) electrons. The molecule has 0 saturated heterocycles. The highest BCUT2D eigenvalue weighted by molar-refractivity contribution is 6.69. The molecular weight excluding hydrogens is 200 g/mol. The van der Waals surface area contributed by atoms with Crippen molar-refractivity contribution in [3.05, 3.63) is 0 Å². The molecule has 2 saturated carbocycles. The lowest BCUT2D eigenvalue weighted by Crippen LogP contribution is -2.42. The second kappa shape index (κ2) is 4.58. The van der Waals surface area contributed by atoms with Gasteiger partial charge in [-0.05, 0) is 50.7 Å². The normalized spacial score (nSPS) is 37.4. The van der Waals surface area contributed by atoms with E-state index in [4.69, 9.17) is 4.43 Å². The van der Waals surface area contributed by atoms with Gasteiger partial charge in [0.15, 0.2) is 8.32 Å². The molecular formula is C13H26OSi. The number of fused-ring (bicyclic) bond motifs is 1. The van der Waals surface area contributed by atoms with E-state index in [1.54, 1.807) is 0 Å². The van der Waals surface area contributed by atoms with Gasteiger partial charge in [0.1, 0.15) is 0 Å². The van der Waals surface area contributed by atoms with E-state index in [2.05, 4.69) is 19.6 Å². The summed E-state index contributed by atoms with van der Waals surface area (Å²) >= 11 is 0. The average Bonchev–Trinajstić information content (AvgIpc) is 2.16. The van der Waals surface area contributed by atoms with Crippen molar-refractivity contribution < 1.29 is 4.43 Å². The Morgan fingerprint density at radius 2 is 1.53 bits per heavy atom. The zero-order chi connectivity index (χ0) is 10.9. The fourth-order valence-electron chi connectivity index (χ4n) is 3.48. The lowest BCUT2D eigenvalue weighted by atomic mass is 9.69. The molecule has 0 heterocycles. The maximum atomic E-state index is 6.39. The summed E-state index contributed by atoms with van der Waals surface area (Å²) in [6.07, 6.45) is 10.7. The third-order valence-electron chi connectivity index (χ3n) is 4.01. The summed E-state index contributed by atoms with van der Waals surface area (Å²) in [6.45, 7) is 7.00. The third-order valence-corrected chi connectivity index (χ3v) is 5.02. The standard InChI is InChI=1S/C13H26OSi/c1-15(2,3)14-13-10-6-8-11-7-4-5-9-12(11)13/h11-13H,4-10H2,1-3H3. The maximum absolute atomic E-state index is 6.39. The first-order chi connectivity index (χ1) is 7.06. The third kappa shape index (κ3) is 3.07. The van der Waals surface area contributed by atoms with Gasteiger partial charge in [-0.15, -0.1) is 0 Å². The van der Waals surface area contributed by atoms with Crippen LogP contribution in [0.2, 0.25) is 19.6 Å². The monoisotopic (exact) mass is 226 g/mol. The molecule has 0 amide bonds. The van der Waals surface area contributed by atoms with Gasteiger partial charge in [-0.1, -0.05) is 25.7 Å². The van der Waals surface area contributed by atoms with Crippen molar-refractivity contribution in [2.45, 2.75) is 70.7 Å². The van der Waals surface area contributed by atoms with E-state index < -0.39 is 8.32 Å². The Kier molecular flexibility index (Phi) is 3.56. The van der Waals surface area contributed by atoms with Crippen LogP contribution >= 0.6 is 0 Å². The van der Waals surface area contributed by atoms with E-state index in [-0.39, 0.29) is 0 Å². The van der Waals surface area contributed by atoms with Gasteiger partial charge in [-0.25, -0.2) is 0 Å². The molecule has 15 heavy (non-hydrogen) atoms. The minimum absolute atomic E-state index is 0.621. The summed E-state index contributed by atoms with van der Waals surface area (Å²) in [7, 11) is -1.32. The number of hydrogen-bond donors (Lipinski definition) is 0. The quantitative estimate of drug-likeness (QED) is 0.641. The second-order valence-corrected chi connectivity index (χ2v) is 10.9. The van der Waals surface area contributed by atoms with Crippen LogP contribution in [0, 0.1) is 11.8 Å². The molecule has 2 aliphatic carbocycles. The van der Waals surface area contributed by atoms with Crippen molar-refractivity contribution in [2.24, 2.45) is 11.8 Å². The van der Waals surface area contributed by atoms with Gasteiger partial charge in [0.05, 0.1) is 0 Å². The van der Waals surface area contributed by atoms with Crippen molar-refractivity contribution >= 4 is 8.32 Å². The maximum Gasteiger partial charge on any atom is 0.184 e. The van der Waals surface area contributed by atoms with E-state index in [9.17, 15) is 0 Å². The molecule has 0 spiro atoms. The SMILES string of the molecule is C[Si](C)(C)OC1CCCC2CCCCC21. The van der Waals surface area contributed by atoms with E-state index in [1.165, 1.54) is 44.9 Å². The minimum atomic E-state index is -1.32. The van der Waals surface area contributed by atoms with Gasteiger partial charge < -0.3 is 4.43 Å². The van der Waals surface area contributed by atoms with Crippen molar-refractivity contribution in [2.75, 3.05) is 0 Å². The Labute approximate surface area is 95.7 Å². The van der Waals surface area contributed by atoms with E-state index in [0.29, 0.717) is 6.10 Å². The second-order valence-electron chi connectivity index (χ2n) is 6.41. The first kappa shape index (κ1) is 11.7. The fraction of sp³-hybridized carbons (Fsp3) is 1.00. The van der Waals surface area contributed by atoms with Crippen molar-refractivity contribution in [1.29, 1.82) is 0 Å². The Hall–Kier alpha value is 0.177. The zero-order valence-electron chi connectivity index (χ0n) is 10.6. The summed E-state index contributed by atoms with van der Waals surface area (Å²) in [5, 5.41) is 0. The summed E-state index contributed by atoms with van der Waals surface area (Å²) in [6, 6.07) is 0. The van der Waals surface area contributed by atoms with Gasteiger partial charge in [-0.3, -0.25) is 0 Å². The summed E-state index contributed by atoms with van der Waals surface area (Å²) in [4.78, 5) is 0. The first-order valence-corrected chi connectivity index (χ1v) is 10.1. The summed E-state index contributed by atoms with van der Waals surface area (Å²) in [5.41, 5.74) is 0. The van der Waals surface area contributed by atoms with E-state index in [0.717, 1.165) is 11.8 Å². The Balaban J connectivity index is 1.97. The van der Waals surface area contributed by atoms with Crippen molar-refractivity contribution in [3.8, 4) is 0 Å². The zero-order valence-corrected chi connectivity index (χ0v) is 11.6. The molecule has 0 aliphatic heterocycles. The van der Waals surface area contributed by atoms with Crippen LogP contribution in [0.5, 0.6) is 0 Å². The first-order valence-electron chi connectivity index (χ1n) is 6.74. The lowest BCUT2D eigenvalue weighted by Gasteiger charge is -2.43. The van der Waals surface area contributed by atoms with Crippen LogP contribution in [0.3, 0.4) is 0 Å². The molecule has 3 unspecified atom stereocenters. The highest BCUT2D eigenvalue weighted by Gasteiger charge is 2.37. The topological polar surface area (TPSA) is 9.23 Å². The van der Waals surface area contributed by atoms with Crippen molar-refractivity contribution in [1.82, 2.24) is 0 Å². The highest BCUT2D eigenvalue weighted by atomic mass is 28.4. The number of hydrogen-bond acceptors (Lipinski definition) is 1. The van der Waals surface area contributed by atoms with Gasteiger partial charge in [0.2, 0.25) is 0 Å².